The summed E-state index contributed by atoms with van der Waals surface area (Å²) in [6, 6.07) is 0. The molecule has 1 heteroatoms. The van der Waals surface area contributed by atoms with E-state index in [4.69, 9.17) is 5.73 Å². The van der Waals surface area contributed by atoms with Crippen LogP contribution in [0, 0.1) is 5.92 Å². The summed E-state index contributed by atoms with van der Waals surface area (Å²) < 4.78 is 0. The number of hydrogen-bond donors (Lipinski definition) is 1. The summed E-state index contributed by atoms with van der Waals surface area (Å²) in [6.45, 7) is 0. The van der Waals surface area contributed by atoms with Crippen LogP contribution in [0.2, 0.25) is 0 Å². The van der Waals surface area contributed by atoms with Gasteiger partial charge >= 0.3 is 0 Å². The second kappa shape index (κ2) is 2.23. The molecule has 0 unspecified atom stereocenters. The molecule has 0 atom stereocenters. The van der Waals surface area contributed by atoms with E-state index in [1.807, 2.05) is 0 Å². The smallest absolute Gasteiger partial charge is 0.0158 e. The third-order valence-electron chi connectivity index (χ3n) is 3.06. The minimum absolute atomic E-state index is 0.314. The van der Waals surface area contributed by atoms with Gasteiger partial charge in [-0.3, -0.25) is 0 Å². The normalized spacial score (nSPS) is 30.9. The Balaban J connectivity index is 1.78. The molecule has 58 valence electrons. The van der Waals surface area contributed by atoms with Crippen molar-refractivity contribution >= 4 is 0 Å². The SMILES string of the molecule is NC1(CC2CCCC2)CC1. The quantitative estimate of drug-likeness (QED) is 0.622. The molecule has 1 nitrogen and oxygen atoms in total. The fraction of sp³-hybridized carbons (Fsp3) is 1.00. The third-order valence-corrected chi connectivity index (χ3v) is 3.06. The van der Waals surface area contributed by atoms with Crippen LogP contribution in [0.1, 0.15) is 44.9 Å². The standard InChI is InChI=1S/C9H17N/c10-9(5-6-9)7-8-3-1-2-4-8/h8H,1-7,10H2. The van der Waals surface area contributed by atoms with Gasteiger partial charge in [-0.05, 0) is 25.2 Å². The molecular formula is C9H17N. The van der Waals surface area contributed by atoms with Crippen LogP contribution in [0.15, 0.2) is 0 Å². The van der Waals surface area contributed by atoms with Gasteiger partial charge in [0.25, 0.3) is 0 Å². The molecule has 2 fully saturated rings. The van der Waals surface area contributed by atoms with Crippen molar-refractivity contribution in [2.24, 2.45) is 11.7 Å². The Morgan fingerprint density at radius 1 is 1.20 bits per heavy atom. The predicted octanol–water partition coefficient (Wildman–Crippen LogP) is 2.06. The fourth-order valence-electron chi connectivity index (χ4n) is 2.15. The lowest BCUT2D eigenvalue weighted by molar-refractivity contribution is 0.432. The second-order valence-corrected chi connectivity index (χ2v) is 4.22. The summed E-state index contributed by atoms with van der Waals surface area (Å²) >= 11 is 0. The van der Waals surface area contributed by atoms with Crippen molar-refractivity contribution in [1.29, 1.82) is 0 Å². The molecule has 2 rings (SSSR count). The van der Waals surface area contributed by atoms with Crippen LogP contribution in [0.3, 0.4) is 0 Å². The lowest BCUT2D eigenvalue weighted by atomic mass is 9.97. The highest BCUT2D eigenvalue weighted by atomic mass is 14.8. The third kappa shape index (κ3) is 1.34. The van der Waals surface area contributed by atoms with Crippen molar-refractivity contribution in [2.45, 2.75) is 50.5 Å². The van der Waals surface area contributed by atoms with Crippen LogP contribution in [-0.2, 0) is 0 Å². The van der Waals surface area contributed by atoms with Gasteiger partial charge in [0, 0.05) is 5.54 Å². The Labute approximate surface area is 63.0 Å². The molecule has 2 saturated carbocycles. The average Bonchev–Trinajstić information content (AvgIpc) is 2.47. The molecule has 0 radical (unpaired) electrons. The van der Waals surface area contributed by atoms with E-state index in [0.717, 1.165) is 5.92 Å². The van der Waals surface area contributed by atoms with Crippen LogP contribution < -0.4 is 5.73 Å². The summed E-state index contributed by atoms with van der Waals surface area (Å²) in [7, 11) is 0. The molecule has 0 aromatic carbocycles. The zero-order chi connectivity index (χ0) is 7.03. The minimum Gasteiger partial charge on any atom is -0.325 e. The largest absolute Gasteiger partial charge is 0.325 e. The Morgan fingerprint density at radius 2 is 1.80 bits per heavy atom. The molecule has 0 aromatic rings. The molecule has 0 aliphatic heterocycles. The first-order valence-corrected chi connectivity index (χ1v) is 4.57. The van der Waals surface area contributed by atoms with E-state index in [-0.39, 0.29) is 0 Å². The predicted molar refractivity (Wildman–Crippen MR) is 42.7 cm³/mol. The van der Waals surface area contributed by atoms with Gasteiger partial charge in [-0.1, -0.05) is 25.7 Å². The van der Waals surface area contributed by atoms with Gasteiger partial charge in [0.15, 0.2) is 0 Å². The van der Waals surface area contributed by atoms with E-state index in [1.54, 1.807) is 0 Å². The summed E-state index contributed by atoms with van der Waals surface area (Å²) in [4.78, 5) is 0. The summed E-state index contributed by atoms with van der Waals surface area (Å²) in [5, 5.41) is 0. The van der Waals surface area contributed by atoms with Gasteiger partial charge in [0.1, 0.15) is 0 Å². The molecule has 0 bridgehead atoms. The lowest BCUT2D eigenvalue weighted by Crippen LogP contribution is -2.24. The molecule has 0 saturated heterocycles. The Bertz CT molecular complexity index is 121. The van der Waals surface area contributed by atoms with Crippen molar-refractivity contribution in [2.75, 3.05) is 0 Å². The fourth-order valence-corrected chi connectivity index (χ4v) is 2.15. The van der Waals surface area contributed by atoms with Crippen molar-refractivity contribution in [3.8, 4) is 0 Å². The van der Waals surface area contributed by atoms with Gasteiger partial charge in [-0.25, -0.2) is 0 Å². The Morgan fingerprint density at radius 3 is 2.30 bits per heavy atom. The zero-order valence-corrected chi connectivity index (χ0v) is 6.60. The molecule has 0 heterocycles. The van der Waals surface area contributed by atoms with Gasteiger partial charge in [0.05, 0.1) is 0 Å². The molecular weight excluding hydrogens is 122 g/mol. The maximum atomic E-state index is 6.03. The maximum absolute atomic E-state index is 6.03. The zero-order valence-electron chi connectivity index (χ0n) is 6.60. The minimum atomic E-state index is 0.314. The molecule has 2 aliphatic carbocycles. The van der Waals surface area contributed by atoms with Crippen LogP contribution in [0.25, 0.3) is 0 Å². The van der Waals surface area contributed by atoms with E-state index in [2.05, 4.69) is 0 Å². The molecule has 2 aliphatic rings. The molecule has 0 amide bonds. The van der Waals surface area contributed by atoms with Gasteiger partial charge in [-0.15, -0.1) is 0 Å². The summed E-state index contributed by atoms with van der Waals surface area (Å²) in [6.07, 6.45) is 9.75. The molecule has 0 aromatic heterocycles. The number of rotatable bonds is 2. The monoisotopic (exact) mass is 139 g/mol. The maximum Gasteiger partial charge on any atom is 0.0158 e. The molecule has 0 spiro atoms. The summed E-state index contributed by atoms with van der Waals surface area (Å²) in [5.41, 5.74) is 6.34. The van der Waals surface area contributed by atoms with Crippen LogP contribution in [0.4, 0.5) is 0 Å². The van der Waals surface area contributed by atoms with E-state index in [0.29, 0.717) is 5.54 Å². The second-order valence-electron chi connectivity index (χ2n) is 4.22. The first-order chi connectivity index (χ1) is 4.79. The number of hydrogen-bond acceptors (Lipinski definition) is 1. The first kappa shape index (κ1) is 6.66. The van der Waals surface area contributed by atoms with Crippen molar-refractivity contribution in [3.63, 3.8) is 0 Å². The highest BCUT2D eigenvalue weighted by molar-refractivity contribution is 5.00. The van der Waals surface area contributed by atoms with E-state index in [1.165, 1.54) is 44.9 Å². The van der Waals surface area contributed by atoms with Gasteiger partial charge in [-0.2, -0.15) is 0 Å². The topological polar surface area (TPSA) is 26.0 Å². The highest BCUT2D eigenvalue weighted by Crippen LogP contribution is 2.42. The highest BCUT2D eigenvalue weighted by Gasteiger charge is 2.40. The lowest BCUT2D eigenvalue weighted by Gasteiger charge is -2.13. The summed E-state index contributed by atoms with van der Waals surface area (Å²) in [5.74, 6) is 0.993. The van der Waals surface area contributed by atoms with Crippen molar-refractivity contribution in [3.05, 3.63) is 0 Å². The van der Waals surface area contributed by atoms with E-state index < -0.39 is 0 Å². The first-order valence-electron chi connectivity index (χ1n) is 4.57. The molecule has 10 heavy (non-hydrogen) atoms. The van der Waals surface area contributed by atoms with Crippen LogP contribution >= 0.6 is 0 Å². The Hall–Kier alpha value is -0.0400. The van der Waals surface area contributed by atoms with Crippen LogP contribution in [0.5, 0.6) is 0 Å². The van der Waals surface area contributed by atoms with Crippen molar-refractivity contribution in [1.82, 2.24) is 0 Å². The van der Waals surface area contributed by atoms with E-state index >= 15 is 0 Å². The van der Waals surface area contributed by atoms with Gasteiger partial charge in [0.2, 0.25) is 0 Å². The average molecular weight is 139 g/mol. The van der Waals surface area contributed by atoms with E-state index in [9.17, 15) is 0 Å². The number of nitrogens with two attached hydrogens (primary N) is 1. The van der Waals surface area contributed by atoms with Gasteiger partial charge < -0.3 is 5.73 Å². The molecule has 2 N–H and O–H groups in total. The van der Waals surface area contributed by atoms with Crippen LogP contribution in [-0.4, -0.2) is 5.54 Å². The Kier molecular flexibility index (Phi) is 1.48. The van der Waals surface area contributed by atoms with Crippen molar-refractivity contribution < 1.29 is 0 Å².